The first-order valence-electron chi connectivity index (χ1n) is 26.0. The zero-order chi connectivity index (χ0) is 36.5. The van der Waals surface area contributed by atoms with Gasteiger partial charge in [0.1, 0.15) is 0 Å². The van der Waals surface area contributed by atoms with Crippen molar-refractivity contribution in [1.82, 2.24) is 0 Å². The van der Waals surface area contributed by atoms with Crippen molar-refractivity contribution in [3.8, 4) is 0 Å². The molecule has 2 aliphatic carbocycles. The molecule has 0 spiro atoms. The Balaban J connectivity index is 1.83. The minimum absolute atomic E-state index is 1.03. The normalized spacial score (nSPS) is 25.2. The number of rotatable bonds is 1. The van der Waals surface area contributed by atoms with Gasteiger partial charge in [-0.2, -0.15) is 0 Å². The van der Waals surface area contributed by atoms with Crippen molar-refractivity contribution in [3.05, 3.63) is 0 Å². The molecule has 2 fully saturated rings. The third-order valence-corrected chi connectivity index (χ3v) is 14.0. The fourth-order valence-corrected chi connectivity index (χ4v) is 10.3. The quantitative estimate of drug-likeness (QED) is 0.252. The number of hydrogen-bond donors (Lipinski definition) is 0. The van der Waals surface area contributed by atoms with Crippen molar-refractivity contribution in [3.63, 3.8) is 0 Å². The van der Waals surface area contributed by atoms with Crippen LogP contribution in [-0.4, -0.2) is 0 Å². The van der Waals surface area contributed by atoms with Gasteiger partial charge in [0.25, 0.3) is 0 Å². The van der Waals surface area contributed by atoms with E-state index in [-0.39, 0.29) is 0 Å². The Labute approximate surface area is 331 Å². The average molecular weight is 727 g/mol. The predicted octanol–water partition coefficient (Wildman–Crippen LogP) is 19.8. The fraction of sp³-hybridized carbons (Fsp3) is 1.00. The van der Waals surface area contributed by atoms with Crippen molar-refractivity contribution in [1.29, 1.82) is 0 Å². The van der Waals surface area contributed by atoms with Gasteiger partial charge in [-0.05, 0) is 11.8 Å². The first kappa shape index (κ1) is 48.1. The van der Waals surface area contributed by atoms with Crippen molar-refractivity contribution in [2.24, 2.45) is 11.8 Å². The summed E-state index contributed by atoms with van der Waals surface area (Å²) in [6.07, 6.45) is 75.6. The molecule has 0 aromatic carbocycles. The Bertz CT molecular complexity index is 542. The van der Waals surface area contributed by atoms with Gasteiger partial charge in [0.2, 0.25) is 0 Å². The summed E-state index contributed by atoms with van der Waals surface area (Å²) < 4.78 is 0. The van der Waals surface area contributed by atoms with E-state index < -0.39 is 0 Å². The molecule has 0 heterocycles. The van der Waals surface area contributed by atoms with Gasteiger partial charge in [0.05, 0.1) is 0 Å². The van der Waals surface area contributed by atoms with Gasteiger partial charge < -0.3 is 0 Å². The monoisotopic (exact) mass is 727 g/mol. The lowest BCUT2D eigenvalue weighted by Crippen LogP contribution is -2.16. The molecule has 0 N–H and O–H groups in total. The summed E-state index contributed by atoms with van der Waals surface area (Å²) in [5, 5.41) is 0. The highest BCUT2D eigenvalue weighted by Crippen LogP contribution is 2.34. The Morgan fingerprint density at radius 1 is 0.0962 bits per heavy atom. The fourth-order valence-electron chi connectivity index (χ4n) is 10.3. The third kappa shape index (κ3) is 33.3. The maximum Gasteiger partial charge on any atom is -0.0386 e. The Morgan fingerprint density at radius 2 is 0.173 bits per heavy atom. The summed E-state index contributed by atoms with van der Waals surface area (Å²) in [7, 11) is 0. The molecule has 2 aliphatic rings. The zero-order valence-electron chi connectivity index (χ0n) is 36.5. The largest absolute Gasteiger partial charge is 0.0533 e. The highest BCUT2D eigenvalue weighted by Gasteiger charge is 2.21. The lowest BCUT2D eigenvalue weighted by atomic mass is 9.78. The summed E-state index contributed by atoms with van der Waals surface area (Å²) in [6.45, 7) is 0. The van der Waals surface area contributed by atoms with E-state index in [1.807, 2.05) is 0 Å². The molecule has 0 heteroatoms. The molecule has 0 aromatic heterocycles. The molecule has 0 radical (unpaired) electrons. The Kier molecular flexibility index (Phi) is 37.6. The summed E-state index contributed by atoms with van der Waals surface area (Å²) >= 11 is 0. The molecule has 0 unspecified atom stereocenters. The van der Waals surface area contributed by atoms with Gasteiger partial charge in [0.15, 0.2) is 0 Å². The first-order valence-corrected chi connectivity index (χ1v) is 26.0. The second-order valence-corrected chi connectivity index (χ2v) is 18.9. The SMILES string of the molecule is C1CCCCCCCCCCCCC(C2CCCCCCCCCCCCCCCCCCCCCCCCC2)CCCCCCCCCCCC1. The summed E-state index contributed by atoms with van der Waals surface area (Å²) in [4.78, 5) is 0. The molecule has 0 bridgehead atoms. The van der Waals surface area contributed by atoms with Crippen LogP contribution in [0.25, 0.3) is 0 Å². The highest BCUT2D eigenvalue weighted by atomic mass is 14.3. The maximum atomic E-state index is 1.56. The summed E-state index contributed by atoms with van der Waals surface area (Å²) in [6, 6.07) is 0. The Hall–Kier alpha value is 0. The van der Waals surface area contributed by atoms with Crippen LogP contribution in [-0.2, 0) is 0 Å². The van der Waals surface area contributed by atoms with E-state index in [4.69, 9.17) is 0 Å². The van der Waals surface area contributed by atoms with Crippen molar-refractivity contribution < 1.29 is 0 Å². The molecule has 0 aromatic rings. The van der Waals surface area contributed by atoms with Crippen LogP contribution in [0.2, 0.25) is 0 Å². The molecule has 52 heavy (non-hydrogen) atoms. The van der Waals surface area contributed by atoms with Crippen molar-refractivity contribution >= 4 is 0 Å². The minimum atomic E-state index is 1.03. The van der Waals surface area contributed by atoms with Crippen LogP contribution in [0.1, 0.15) is 321 Å². The van der Waals surface area contributed by atoms with Crippen LogP contribution in [0.3, 0.4) is 0 Å². The van der Waals surface area contributed by atoms with Crippen LogP contribution in [0.15, 0.2) is 0 Å². The van der Waals surface area contributed by atoms with E-state index in [0.717, 1.165) is 11.8 Å². The molecule has 0 nitrogen and oxygen atoms in total. The van der Waals surface area contributed by atoms with E-state index in [2.05, 4.69) is 0 Å². The van der Waals surface area contributed by atoms with Crippen LogP contribution in [0.5, 0.6) is 0 Å². The molecule has 2 saturated carbocycles. The van der Waals surface area contributed by atoms with Gasteiger partial charge in [-0.25, -0.2) is 0 Å². The van der Waals surface area contributed by atoms with Gasteiger partial charge in [-0.3, -0.25) is 0 Å². The highest BCUT2D eigenvalue weighted by molar-refractivity contribution is 4.73. The third-order valence-electron chi connectivity index (χ3n) is 14.0. The topological polar surface area (TPSA) is 0 Å². The van der Waals surface area contributed by atoms with E-state index in [9.17, 15) is 0 Å². The van der Waals surface area contributed by atoms with Gasteiger partial charge in [-0.15, -0.1) is 0 Å². The van der Waals surface area contributed by atoms with E-state index in [1.54, 1.807) is 25.7 Å². The molecule has 0 amide bonds. The molecular formula is C52H102. The summed E-state index contributed by atoms with van der Waals surface area (Å²) in [5.74, 6) is 2.07. The molecule has 0 saturated heterocycles. The van der Waals surface area contributed by atoms with Gasteiger partial charge in [0, 0.05) is 0 Å². The van der Waals surface area contributed by atoms with Gasteiger partial charge in [-0.1, -0.05) is 321 Å². The lowest BCUT2D eigenvalue weighted by molar-refractivity contribution is 0.236. The van der Waals surface area contributed by atoms with Crippen molar-refractivity contribution in [2.45, 2.75) is 321 Å². The molecular weight excluding hydrogens is 625 g/mol. The lowest BCUT2D eigenvalue weighted by Gasteiger charge is -2.28. The molecule has 0 atom stereocenters. The van der Waals surface area contributed by atoms with E-state index in [0.29, 0.717) is 0 Å². The Morgan fingerprint density at radius 3 is 0.269 bits per heavy atom. The van der Waals surface area contributed by atoms with E-state index in [1.165, 1.54) is 295 Å². The molecule has 0 aliphatic heterocycles. The smallest absolute Gasteiger partial charge is 0.0386 e. The second kappa shape index (κ2) is 40.7. The van der Waals surface area contributed by atoms with Crippen LogP contribution in [0, 0.1) is 11.8 Å². The minimum Gasteiger partial charge on any atom is -0.0533 e. The predicted molar refractivity (Wildman–Crippen MR) is 238 cm³/mol. The molecule has 2 rings (SSSR count). The van der Waals surface area contributed by atoms with Gasteiger partial charge >= 0.3 is 0 Å². The summed E-state index contributed by atoms with van der Waals surface area (Å²) in [5.41, 5.74) is 0. The zero-order valence-corrected chi connectivity index (χ0v) is 36.5. The van der Waals surface area contributed by atoms with E-state index >= 15 is 0 Å². The molecule has 310 valence electrons. The van der Waals surface area contributed by atoms with Crippen LogP contribution >= 0.6 is 0 Å². The average Bonchev–Trinajstić information content (AvgIpc) is 3.15. The van der Waals surface area contributed by atoms with Crippen molar-refractivity contribution in [2.75, 3.05) is 0 Å². The van der Waals surface area contributed by atoms with Crippen LogP contribution < -0.4 is 0 Å². The standard InChI is InChI=1S/C52H102/c1-3-7-11-15-19-23-27-31-35-39-43-47-51(48-44-40-36-32-28-24-20-16-12-8-4-1)52-49-45-41-37-33-29-25-21-17-13-9-5-2-6-10-14-18-22-26-30-34-38-42-46-50-52/h51-52H,1-50H2. The van der Waals surface area contributed by atoms with Crippen LogP contribution in [0.4, 0.5) is 0 Å². The maximum absolute atomic E-state index is 1.56. The second-order valence-electron chi connectivity index (χ2n) is 18.9. The number of hydrogen-bond acceptors (Lipinski definition) is 0. The first-order chi connectivity index (χ1) is 26.0.